The third-order valence-corrected chi connectivity index (χ3v) is 4.20. The summed E-state index contributed by atoms with van der Waals surface area (Å²) in [7, 11) is 0. The van der Waals surface area contributed by atoms with Gasteiger partial charge >= 0.3 is 0 Å². The molecule has 0 unspecified atom stereocenters. The highest BCUT2D eigenvalue weighted by atomic mass is 32.1. The van der Waals surface area contributed by atoms with E-state index in [1.807, 2.05) is 54.6 Å². The van der Waals surface area contributed by atoms with Crippen LogP contribution in [0.5, 0.6) is 5.75 Å². The van der Waals surface area contributed by atoms with Gasteiger partial charge in [-0.3, -0.25) is 9.59 Å². The third-order valence-electron chi connectivity index (χ3n) is 3.91. The Morgan fingerprint density at radius 3 is 2.52 bits per heavy atom. The molecular formula is C21H26N2O3S. The Hall–Kier alpha value is -2.47. The highest BCUT2D eigenvalue weighted by Gasteiger charge is 2.04. The van der Waals surface area contributed by atoms with E-state index in [0.29, 0.717) is 19.6 Å². The Kier molecular flexibility index (Phi) is 9.27. The quantitative estimate of drug-likeness (QED) is 0.406. The topological polar surface area (TPSA) is 67.4 Å². The van der Waals surface area contributed by atoms with Crippen LogP contribution in [0.25, 0.3) is 0 Å². The first kappa shape index (κ1) is 20.8. The number of ether oxygens (including phenoxy) is 1. The molecule has 0 aliphatic heterocycles. The Bertz CT molecular complexity index is 722. The van der Waals surface area contributed by atoms with Crippen molar-refractivity contribution in [1.82, 2.24) is 5.32 Å². The van der Waals surface area contributed by atoms with Gasteiger partial charge in [-0.2, -0.15) is 12.6 Å². The van der Waals surface area contributed by atoms with E-state index in [-0.39, 0.29) is 17.6 Å². The van der Waals surface area contributed by atoms with Crippen molar-refractivity contribution in [2.24, 2.45) is 0 Å². The van der Waals surface area contributed by atoms with Crippen molar-refractivity contribution in [3.63, 3.8) is 0 Å². The summed E-state index contributed by atoms with van der Waals surface area (Å²) in [6, 6.07) is 17.3. The lowest BCUT2D eigenvalue weighted by atomic mass is 10.2. The fourth-order valence-corrected chi connectivity index (χ4v) is 2.61. The van der Waals surface area contributed by atoms with Crippen LogP contribution in [-0.4, -0.2) is 24.1 Å². The maximum absolute atomic E-state index is 12.1. The first-order chi connectivity index (χ1) is 13.2. The van der Waals surface area contributed by atoms with Crippen molar-refractivity contribution < 1.29 is 14.3 Å². The molecule has 27 heavy (non-hydrogen) atoms. The van der Waals surface area contributed by atoms with Crippen molar-refractivity contribution in [2.45, 2.75) is 32.3 Å². The molecule has 2 amide bonds. The summed E-state index contributed by atoms with van der Waals surface area (Å²) in [6.45, 7) is 1.11. The lowest BCUT2D eigenvalue weighted by molar-refractivity contribution is -0.118. The third kappa shape index (κ3) is 8.64. The Balaban J connectivity index is 1.67. The zero-order valence-electron chi connectivity index (χ0n) is 15.3. The molecule has 0 saturated carbocycles. The highest BCUT2D eigenvalue weighted by molar-refractivity contribution is 7.81. The van der Waals surface area contributed by atoms with Crippen LogP contribution in [0.1, 0.15) is 31.2 Å². The smallest absolute Gasteiger partial charge is 0.229 e. The number of benzene rings is 2. The minimum absolute atomic E-state index is 0.0189. The van der Waals surface area contributed by atoms with Crippen LogP contribution in [0.15, 0.2) is 54.6 Å². The van der Waals surface area contributed by atoms with Gasteiger partial charge in [0.15, 0.2) is 0 Å². The molecule has 0 radical (unpaired) electrons. The summed E-state index contributed by atoms with van der Waals surface area (Å²) in [4.78, 5) is 23.1. The molecule has 6 heteroatoms. The minimum Gasteiger partial charge on any atom is -0.489 e. The van der Waals surface area contributed by atoms with E-state index >= 15 is 0 Å². The number of hydrogen-bond donors (Lipinski definition) is 3. The van der Waals surface area contributed by atoms with E-state index in [4.69, 9.17) is 4.74 Å². The van der Waals surface area contributed by atoms with Gasteiger partial charge in [0.1, 0.15) is 12.4 Å². The number of carbonyl (C=O) groups is 2. The second-order valence-electron chi connectivity index (χ2n) is 6.17. The van der Waals surface area contributed by atoms with E-state index in [1.165, 1.54) is 0 Å². The summed E-state index contributed by atoms with van der Waals surface area (Å²) in [6.07, 6.45) is 2.98. The summed E-state index contributed by atoms with van der Waals surface area (Å²) >= 11 is 3.90. The van der Waals surface area contributed by atoms with Crippen molar-refractivity contribution >= 4 is 30.1 Å². The molecule has 5 nitrogen and oxygen atoms in total. The SMILES string of the molecule is O=C(CS)NCCCCCC(=O)Nc1cccc(OCc2ccccc2)c1. The first-order valence-corrected chi connectivity index (χ1v) is 9.75. The molecule has 0 aromatic heterocycles. The predicted octanol–water partition coefficient (Wildman–Crippen LogP) is 3.81. The fraction of sp³-hybridized carbons (Fsp3) is 0.333. The van der Waals surface area contributed by atoms with Crippen molar-refractivity contribution in [1.29, 1.82) is 0 Å². The fourth-order valence-electron chi connectivity index (χ4n) is 2.50. The Morgan fingerprint density at radius 1 is 0.926 bits per heavy atom. The van der Waals surface area contributed by atoms with E-state index < -0.39 is 0 Å². The van der Waals surface area contributed by atoms with Crippen LogP contribution in [-0.2, 0) is 16.2 Å². The van der Waals surface area contributed by atoms with Gasteiger partial charge in [0, 0.05) is 24.7 Å². The zero-order valence-corrected chi connectivity index (χ0v) is 16.2. The van der Waals surface area contributed by atoms with Gasteiger partial charge < -0.3 is 15.4 Å². The molecule has 144 valence electrons. The van der Waals surface area contributed by atoms with Gasteiger partial charge in [-0.05, 0) is 30.5 Å². The maximum Gasteiger partial charge on any atom is 0.229 e. The van der Waals surface area contributed by atoms with Crippen LogP contribution < -0.4 is 15.4 Å². The number of amides is 2. The van der Waals surface area contributed by atoms with Gasteiger partial charge in [0.25, 0.3) is 0 Å². The molecule has 0 spiro atoms. The lowest BCUT2D eigenvalue weighted by Crippen LogP contribution is -2.25. The predicted molar refractivity (Wildman–Crippen MR) is 111 cm³/mol. The normalized spacial score (nSPS) is 10.3. The summed E-state index contributed by atoms with van der Waals surface area (Å²) in [5.41, 5.74) is 1.82. The number of thiol groups is 1. The van der Waals surface area contributed by atoms with Crippen molar-refractivity contribution in [2.75, 3.05) is 17.6 Å². The number of anilines is 1. The average molecular weight is 387 g/mol. The largest absolute Gasteiger partial charge is 0.489 e. The standard InChI is InChI=1S/C21H26N2O3S/c24-20(12-5-2-6-13-22-21(25)16-27)23-18-10-7-11-19(14-18)26-15-17-8-3-1-4-9-17/h1,3-4,7-11,14,27H,2,5-6,12-13,15-16H2,(H,22,25)(H,23,24). The van der Waals surface area contributed by atoms with Crippen LogP contribution >= 0.6 is 12.6 Å². The highest BCUT2D eigenvalue weighted by Crippen LogP contribution is 2.19. The number of hydrogen-bond acceptors (Lipinski definition) is 4. The van der Waals surface area contributed by atoms with Crippen LogP contribution in [0, 0.1) is 0 Å². The number of unbranched alkanes of at least 4 members (excludes halogenated alkanes) is 2. The second kappa shape index (κ2) is 12.0. The maximum atomic E-state index is 12.1. The molecule has 2 N–H and O–H groups in total. The van der Waals surface area contributed by atoms with Gasteiger partial charge in [0.2, 0.25) is 11.8 Å². The van der Waals surface area contributed by atoms with E-state index in [2.05, 4.69) is 23.3 Å². The van der Waals surface area contributed by atoms with Gasteiger partial charge in [0.05, 0.1) is 5.75 Å². The molecule has 2 aromatic rings. The van der Waals surface area contributed by atoms with E-state index in [1.54, 1.807) is 0 Å². The molecular weight excluding hydrogens is 360 g/mol. The Morgan fingerprint density at radius 2 is 1.74 bits per heavy atom. The van der Waals surface area contributed by atoms with Gasteiger partial charge in [-0.15, -0.1) is 0 Å². The van der Waals surface area contributed by atoms with E-state index in [0.717, 1.165) is 36.3 Å². The van der Waals surface area contributed by atoms with Crippen LogP contribution in [0.4, 0.5) is 5.69 Å². The molecule has 0 aliphatic rings. The van der Waals surface area contributed by atoms with Crippen LogP contribution in [0.3, 0.4) is 0 Å². The summed E-state index contributed by atoms with van der Waals surface area (Å²) < 4.78 is 5.78. The number of nitrogens with one attached hydrogen (secondary N) is 2. The average Bonchev–Trinajstić information content (AvgIpc) is 2.70. The van der Waals surface area contributed by atoms with Gasteiger partial charge in [-0.25, -0.2) is 0 Å². The van der Waals surface area contributed by atoms with Crippen molar-refractivity contribution in [3.05, 3.63) is 60.2 Å². The minimum atomic E-state index is -0.0644. The van der Waals surface area contributed by atoms with Crippen molar-refractivity contribution in [3.8, 4) is 5.75 Å². The molecule has 0 fully saturated rings. The second-order valence-corrected chi connectivity index (χ2v) is 6.49. The first-order valence-electron chi connectivity index (χ1n) is 9.11. The lowest BCUT2D eigenvalue weighted by Gasteiger charge is -2.09. The van der Waals surface area contributed by atoms with E-state index in [9.17, 15) is 9.59 Å². The molecule has 0 aliphatic carbocycles. The Labute approximate surface area is 165 Å². The summed E-state index contributed by atoms with van der Waals surface area (Å²) in [5.74, 6) is 0.841. The number of rotatable bonds is 11. The molecule has 0 heterocycles. The molecule has 0 bridgehead atoms. The summed E-state index contributed by atoms with van der Waals surface area (Å²) in [5, 5.41) is 5.66. The molecule has 2 rings (SSSR count). The van der Waals surface area contributed by atoms with Gasteiger partial charge in [-0.1, -0.05) is 42.8 Å². The molecule has 0 saturated heterocycles. The molecule has 2 aromatic carbocycles. The molecule has 0 atom stereocenters. The van der Waals surface area contributed by atoms with Crippen LogP contribution in [0.2, 0.25) is 0 Å². The zero-order chi connectivity index (χ0) is 19.3. The number of carbonyl (C=O) groups excluding carboxylic acids is 2. The monoisotopic (exact) mass is 386 g/mol.